The van der Waals surface area contributed by atoms with Gasteiger partial charge in [0.15, 0.2) is 0 Å². The summed E-state index contributed by atoms with van der Waals surface area (Å²) in [6.07, 6.45) is 4.67. The van der Waals surface area contributed by atoms with Gasteiger partial charge in [0.05, 0.1) is 7.11 Å². The molecule has 2 amide bonds. The van der Waals surface area contributed by atoms with Crippen molar-refractivity contribution in [2.45, 2.75) is 52.4 Å². The number of amides is 2. The Hall–Kier alpha value is -2.37. The molecule has 1 aliphatic heterocycles. The van der Waals surface area contributed by atoms with Crippen molar-refractivity contribution in [2.75, 3.05) is 7.11 Å². The number of guanidine groups is 1. The van der Waals surface area contributed by atoms with E-state index in [-0.39, 0.29) is 17.8 Å². The van der Waals surface area contributed by atoms with Crippen molar-refractivity contribution < 1.29 is 14.3 Å². The molecule has 25 heavy (non-hydrogen) atoms. The van der Waals surface area contributed by atoms with Crippen LogP contribution in [0.2, 0.25) is 0 Å². The molecule has 6 heteroatoms. The standard InChI is InChI=1S/C19H27N3O3/c1-4-6-12-19(13-7-5-2)16(23)21-18(22-17(19)24)20-14-10-8-9-11-15(14)25-3/h8-11H,4-7,12-13H2,1-3H3,(H2,20,21,22,23,24). The van der Waals surface area contributed by atoms with Gasteiger partial charge in [0, 0.05) is 0 Å². The van der Waals surface area contributed by atoms with Crippen molar-refractivity contribution in [2.24, 2.45) is 10.4 Å². The fraction of sp³-hybridized carbons (Fsp3) is 0.526. The van der Waals surface area contributed by atoms with E-state index in [1.165, 1.54) is 0 Å². The third kappa shape index (κ3) is 4.18. The number of nitrogens with one attached hydrogen (secondary N) is 2. The normalized spacial score (nSPS) is 16.2. The number of carbonyl (C=O) groups is 2. The van der Waals surface area contributed by atoms with Crippen LogP contribution in [0.5, 0.6) is 5.75 Å². The molecular weight excluding hydrogens is 318 g/mol. The lowest BCUT2D eigenvalue weighted by Gasteiger charge is -2.35. The van der Waals surface area contributed by atoms with Crippen molar-refractivity contribution in [3.8, 4) is 5.75 Å². The van der Waals surface area contributed by atoms with Gasteiger partial charge in [-0.05, 0) is 25.0 Å². The number of nitrogens with zero attached hydrogens (tertiary/aromatic N) is 1. The smallest absolute Gasteiger partial charge is 0.242 e. The second-order valence-electron chi connectivity index (χ2n) is 6.33. The Balaban J connectivity index is 2.26. The van der Waals surface area contributed by atoms with Gasteiger partial charge < -0.3 is 4.74 Å². The Morgan fingerprint density at radius 3 is 2.08 bits per heavy atom. The van der Waals surface area contributed by atoms with E-state index in [9.17, 15) is 9.59 Å². The van der Waals surface area contributed by atoms with Gasteiger partial charge in [-0.3, -0.25) is 20.2 Å². The minimum absolute atomic E-state index is 0.156. The molecule has 0 spiro atoms. The summed E-state index contributed by atoms with van der Waals surface area (Å²) >= 11 is 0. The van der Waals surface area contributed by atoms with Crippen LogP contribution in [-0.2, 0) is 9.59 Å². The fourth-order valence-corrected chi connectivity index (χ4v) is 3.02. The van der Waals surface area contributed by atoms with Crippen LogP contribution in [0.1, 0.15) is 52.4 Å². The molecule has 0 aliphatic carbocycles. The summed E-state index contributed by atoms with van der Waals surface area (Å²) in [5, 5.41) is 5.56. The van der Waals surface area contributed by atoms with Crippen molar-refractivity contribution in [3.05, 3.63) is 24.3 Å². The first kappa shape index (κ1) is 19.0. The molecular formula is C19H27N3O3. The highest BCUT2D eigenvalue weighted by molar-refractivity contribution is 6.20. The number of benzene rings is 1. The summed E-state index contributed by atoms with van der Waals surface area (Å²) in [6.45, 7) is 4.11. The van der Waals surface area contributed by atoms with Crippen LogP contribution in [-0.4, -0.2) is 24.9 Å². The van der Waals surface area contributed by atoms with E-state index in [2.05, 4.69) is 29.5 Å². The van der Waals surface area contributed by atoms with Crippen LogP contribution in [0, 0.1) is 5.41 Å². The molecule has 0 radical (unpaired) electrons. The zero-order chi connectivity index (χ0) is 18.3. The number of para-hydroxylation sites is 2. The average molecular weight is 345 g/mol. The van der Waals surface area contributed by atoms with Crippen molar-refractivity contribution in [3.63, 3.8) is 0 Å². The van der Waals surface area contributed by atoms with Gasteiger partial charge in [-0.15, -0.1) is 0 Å². The molecule has 0 atom stereocenters. The summed E-state index contributed by atoms with van der Waals surface area (Å²) in [6, 6.07) is 7.20. The molecule has 1 aromatic rings. The molecule has 1 aromatic carbocycles. The van der Waals surface area contributed by atoms with Gasteiger partial charge in [0.1, 0.15) is 16.9 Å². The highest BCUT2D eigenvalue weighted by Gasteiger charge is 2.48. The third-order valence-corrected chi connectivity index (χ3v) is 4.56. The molecule has 0 bridgehead atoms. The first-order valence-corrected chi connectivity index (χ1v) is 8.92. The molecule has 1 saturated heterocycles. The minimum atomic E-state index is -0.994. The Morgan fingerprint density at radius 2 is 1.56 bits per heavy atom. The predicted molar refractivity (Wildman–Crippen MR) is 97.9 cm³/mol. The minimum Gasteiger partial charge on any atom is -0.494 e. The van der Waals surface area contributed by atoms with E-state index in [1.54, 1.807) is 19.2 Å². The number of ether oxygens (including phenoxy) is 1. The van der Waals surface area contributed by atoms with Crippen LogP contribution in [0.15, 0.2) is 29.3 Å². The van der Waals surface area contributed by atoms with E-state index in [0.29, 0.717) is 24.3 Å². The largest absolute Gasteiger partial charge is 0.494 e. The quantitative estimate of drug-likeness (QED) is 0.710. The van der Waals surface area contributed by atoms with Gasteiger partial charge in [-0.2, -0.15) is 0 Å². The van der Waals surface area contributed by atoms with E-state index in [4.69, 9.17) is 4.74 Å². The molecule has 1 aliphatic rings. The lowest BCUT2D eigenvalue weighted by atomic mass is 9.75. The summed E-state index contributed by atoms with van der Waals surface area (Å²) in [4.78, 5) is 30.0. The van der Waals surface area contributed by atoms with Gasteiger partial charge in [-0.1, -0.05) is 51.7 Å². The molecule has 2 N–H and O–H groups in total. The van der Waals surface area contributed by atoms with E-state index in [0.717, 1.165) is 25.7 Å². The van der Waals surface area contributed by atoms with Crippen LogP contribution < -0.4 is 15.4 Å². The van der Waals surface area contributed by atoms with Gasteiger partial charge in [-0.25, -0.2) is 4.99 Å². The molecule has 1 heterocycles. The molecule has 0 unspecified atom stereocenters. The summed E-state index contributed by atoms with van der Waals surface area (Å²) in [5.74, 6) is 0.217. The molecule has 2 rings (SSSR count). The highest BCUT2D eigenvalue weighted by Crippen LogP contribution is 2.34. The third-order valence-electron chi connectivity index (χ3n) is 4.56. The molecule has 1 fully saturated rings. The topological polar surface area (TPSA) is 79.8 Å². The number of rotatable bonds is 8. The Bertz CT molecular complexity index is 625. The first-order valence-electron chi connectivity index (χ1n) is 8.92. The summed E-state index contributed by atoms with van der Waals surface area (Å²) in [5.41, 5.74) is -0.443. The molecule has 6 nitrogen and oxygen atoms in total. The zero-order valence-corrected chi connectivity index (χ0v) is 15.2. The lowest BCUT2D eigenvalue weighted by Crippen LogP contribution is -2.62. The number of methoxy groups -OCH3 is 1. The number of unbranched alkanes of at least 4 members (excludes halogenated alkanes) is 2. The second-order valence-corrected chi connectivity index (χ2v) is 6.33. The Kier molecular flexibility index (Phi) is 6.56. The number of aliphatic imine (C=N–C) groups is 1. The average Bonchev–Trinajstić information content (AvgIpc) is 2.61. The van der Waals surface area contributed by atoms with Crippen LogP contribution in [0.3, 0.4) is 0 Å². The Morgan fingerprint density at radius 1 is 1.00 bits per heavy atom. The maximum atomic E-state index is 12.8. The molecule has 0 saturated carbocycles. The van der Waals surface area contributed by atoms with Crippen molar-refractivity contribution in [1.82, 2.24) is 10.6 Å². The predicted octanol–water partition coefficient (Wildman–Crippen LogP) is 3.30. The van der Waals surface area contributed by atoms with Crippen molar-refractivity contribution >= 4 is 23.5 Å². The maximum Gasteiger partial charge on any atom is 0.242 e. The number of hydrogen-bond donors (Lipinski definition) is 2. The Labute approximate surface area is 149 Å². The van der Waals surface area contributed by atoms with E-state index >= 15 is 0 Å². The zero-order valence-electron chi connectivity index (χ0n) is 15.2. The van der Waals surface area contributed by atoms with Crippen LogP contribution >= 0.6 is 0 Å². The highest BCUT2D eigenvalue weighted by atomic mass is 16.5. The maximum absolute atomic E-state index is 12.8. The van der Waals surface area contributed by atoms with Crippen molar-refractivity contribution in [1.29, 1.82) is 0 Å². The molecule has 0 aromatic heterocycles. The number of carbonyl (C=O) groups excluding carboxylic acids is 2. The van der Waals surface area contributed by atoms with Gasteiger partial charge in [0.2, 0.25) is 17.8 Å². The second kappa shape index (κ2) is 8.65. The summed E-state index contributed by atoms with van der Waals surface area (Å²) in [7, 11) is 1.55. The fourth-order valence-electron chi connectivity index (χ4n) is 3.02. The number of hydrogen-bond acceptors (Lipinski definition) is 4. The van der Waals surface area contributed by atoms with Crippen LogP contribution in [0.25, 0.3) is 0 Å². The van der Waals surface area contributed by atoms with Gasteiger partial charge >= 0.3 is 0 Å². The lowest BCUT2D eigenvalue weighted by molar-refractivity contribution is -0.145. The summed E-state index contributed by atoms with van der Waals surface area (Å²) < 4.78 is 5.26. The van der Waals surface area contributed by atoms with E-state index < -0.39 is 5.41 Å². The van der Waals surface area contributed by atoms with E-state index in [1.807, 2.05) is 12.1 Å². The molecule has 136 valence electrons. The SMILES string of the molecule is CCCCC1(CCCC)C(=O)NC(=Nc2ccccc2OC)NC1=O. The monoisotopic (exact) mass is 345 g/mol. The first-order chi connectivity index (χ1) is 12.1. The van der Waals surface area contributed by atoms with Gasteiger partial charge in [0.25, 0.3) is 0 Å². The van der Waals surface area contributed by atoms with Crippen LogP contribution in [0.4, 0.5) is 5.69 Å².